The molecule has 96 valence electrons. The van der Waals surface area contributed by atoms with Gasteiger partial charge in [-0.2, -0.15) is 13.2 Å². The van der Waals surface area contributed by atoms with Crippen molar-refractivity contribution in [2.45, 2.75) is 38.9 Å². The average molecular weight is 238 g/mol. The average Bonchev–Trinajstić information content (AvgIpc) is 2.25. The fourth-order valence-electron chi connectivity index (χ4n) is 2.05. The first-order valence-electron chi connectivity index (χ1n) is 5.73. The number of hydrogen-bond donors (Lipinski definition) is 0. The molecule has 0 amide bonds. The molecule has 0 aliphatic carbocycles. The Morgan fingerprint density at radius 1 is 0.938 bits per heavy atom. The highest BCUT2D eigenvalue weighted by Gasteiger charge is 2.32. The van der Waals surface area contributed by atoms with Crippen LogP contribution in [0.4, 0.5) is 13.2 Å². The van der Waals surface area contributed by atoms with E-state index in [0.717, 1.165) is 19.5 Å². The van der Waals surface area contributed by atoms with Crippen LogP contribution in [-0.4, -0.2) is 54.2 Å². The van der Waals surface area contributed by atoms with Crippen molar-refractivity contribution >= 4 is 0 Å². The molecule has 1 aliphatic rings. The molecule has 0 aromatic heterocycles. The van der Waals surface area contributed by atoms with Crippen LogP contribution in [0.1, 0.15) is 27.2 Å². The standard InChI is InChI=1S/C11H21F3N2/c1-10(2,3)16-6-4-5-15(7-8-16)9-11(12,13)14/h4-9H2,1-3H3. The molecule has 2 nitrogen and oxygen atoms in total. The maximum absolute atomic E-state index is 12.2. The Bertz CT molecular complexity index is 220. The minimum Gasteiger partial charge on any atom is -0.297 e. The van der Waals surface area contributed by atoms with Gasteiger partial charge in [-0.25, -0.2) is 0 Å². The maximum atomic E-state index is 12.2. The van der Waals surface area contributed by atoms with Crippen LogP contribution in [0.25, 0.3) is 0 Å². The molecule has 0 bridgehead atoms. The predicted molar refractivity (Wildman–Crippen MR) is 58.4 cm³/mol. The van der Waals surface area contributed by atoms with Gasteiger partial charge >= 0.3 is 6.18 Å². The van der Waals surface area contributed by atoms with Gasteiger partial charge in [0.1, 0.15) is 0 Å². The van der Waals surface area contributed by atoms with Crippen LogP contribution in [0.15, 0.2) is 0 Å². The van der Waals surface area contributed by atoms with E-state index >= 15 is 0 Å². The maximum Gasteiger partial charge on any atom is 0.401 e. The van der Waals surface area contributed by atoms with Crippen LogP contribution in [0.2, 0.25) is 0 Å². The SMILES string of the molecule is CC(C)(C)N1CCCN(CC(F)(F)F)CC1. The van der Waals surface area contributed by atoms with Crippen molar-refractivity contribution < 1.29 is 13.2 Å². The Hall–Kier alpha value is -0.290. The summed E-state index contributed by atoms with van der Waals surface area (Å²) >= 11 is 0. The highest BCUT2D eigenvalue weighted by Crippen LogP contribution is 2.20. The minimum absolute atomic E-state index is 0.0498. The third-order valence-electron chi connectivity index (χ3n) is 2.94. The normalized spacial score (nSPS) is 22.1. The van der Waals surface area contributed by atoms with Crippen molar-refractivity contribution in [1.82, 2.24) is 9.80 Å². The fraction of sp³-hybridized carbons (Fsp3) is 1.00. The number of alkyl halides is 3. The third-order valence-corrected chi connectivity index (χ3v) is 2.94. The Labute approximate surface area is 95.4 Å². The molecule has 0 aromatic carbocycles. The van der Waals surface area contributed by atoms with Crippen molar-refractivity contribution in [2.75, 3.05) is 32.7 Å². The topological polar surface area (TPSA) is 6.48 Å². The second-order valence-corrected chi connectivity index (χ2v) is 5.40. The molecule has 1 heterocycles. The molecule has 1 rings (SSSR count). The highest BCUT2D eigenvalue weighted by atomic mass is 19.4. The summed E-state index contributed by atoms with van der Waals surface area (Å²) in [4.78, 5) is 3.76. The van der Waals surface area contributed by atoms with Gasteiger partial charge in [0.2, 0.25) is 0 Å². The first-order chi connectivity index (χ1) is 7.18. The molecule has 0 saturated carbocycles. The zero-order valence-electron chi connectivity index (χ0n) is 10.3. The van der Waals surface area contributed by atoms with Gasteiger partial charge in [-0.15, -0.1) is 0 Å². The number of halogens is 3. The first-order valence-corrected chi connectivity index (χ1v) is 5.73. The van der Waals surface area contributed by atoms with Gasteiger partial charge in [0.15, 0.2) is 0 Å². The summed E-state index contributed by atoms with van der Waals surface area (Å²) < 4.78 is 36.7. The molecule has 0 N–H and O–H groups in total. The van der Waals surface area contributed by atoms with E-state index in [1.807, 2.05) is 0 Å². The molecule has 0 unspecified atom stereocenters. The molecular weight excluding hydrogens is 217 g/mol. The van der Waals surface area contributed by atoms with Crippen molar-refractivity contribution in [2.24, 2.45) is 0 Å². The van der Waals surface area contributed by atoms with Gasteiger partial charge in [0, 0.05) is 18.6 Å². The molecule has 1 aliphatic heterocycles. The lowest BCUT2D eigenvalue weighted by Gasteiger charge is -2.34. The Morgan fingerprint density at radius 3 is 2.06 bits per heavy atom. The molecule has 0 atom stereocenters. The van der Waals surface area contributed by atoms with Crippen LogP contribution in [0, 0.1) is 0 Å². The van der Waals surface area contributed by atoms with E-state index < -0.39 is 12.7 Å². The Kier molecular flexibility index (Phi) is 4.23. The number of nitrogens with zero attached hydrogens (tertiary/aromatic N) is 2. The molecule has 0 spiro atoms. The lowest BCUT2D eigenvalue weighted by molar-refractivity contribution is -0.145. The van der Waals surface area contributed by atoms with E-state index in [1.54, 1.807) is 0 Å². The largest absolute Gasteiger partial charge is 0.401 e. The Morgan fingerprint density at radius 2 is 1.56 bits per heavy atom. The smallest absolute Gasteiger partial charge is 0.297 e. The van der Waals surface area contributed by atoms with Gasteiger partial charge in [-0.1, -0.05) is 0 Å². The lowest BCUT2D eigenvalue weighted by Crippen LogP contribution is -2.44. The van der Waals surface area contributed by atoms with Crippen LogP contribution in [-0.2, 0) is 0 Å². The van der Waals surface area contributed by atoms with E-state index in [1.165, 1.54) is 4.90 Å². The minimum atomic E-state index is -4.07. The molecule has 0 aromatic rings. The summed E-state index contributed by atoms with van der Waals surface area (Å²) in [6.07, 6.45) is -3.26. The summed E-state index contributed by atoms with van der Waals surface area (Å²) in [6, 6.07) is 0. The third kappa shape index (κ3) is 4.70. The van der Waals surface area contributed by atoms with Gasteiger partial charge in [-0.05, 0) is 40.3 Å². The van der Waals surface area contributed by atoms with Gasteiger partial charge < -0.3 is 0 Å². The molecule has 0 radical (unpaired) electrons. The summed E-state index contributed by atoms with van der Waals surface area (Å²) in [5.74, 6) is 0. The van der Waals surface area contributed by atoms with Crippen LogP contribution in [0.3, 0.4) is 0 Å². The fourth-order valence-corrected chi connectivity index (χ4v) is 2.05. The zero-order chi connectivity index (χ0) is 12.4. The molecule has 5 heteroatoms. The number of hydrogen-bond acceptors (Lipinski definition) is 2. The molecular formula is C11H21F3N2. The van der Waals surface area contributed by atoms with Crippen molar-refractivity contribution in [3.05, 3.63) is 0 Å². The summed E-state index contributed by atoms with van der Waals surface area (Å²) in [5, 5.41) is 0. The van der Waals surface area contributed by atoms with Crippen molar-refractivity contribution in [3.8, 4) is 0 Å². The second-order valence-electron chi connectivity index (χ2n) is 5.40. The van der Waals surface area contributed by atoms with E-state index in [9.17, 15) is 13.2 Å². The molecule has 16 heavy (non-hydrogen) atoms. The van der Waals surface area contributed by atoms with E-state index in [4.69, 9.17) is 0 Å². The van der Waals surface area contributed by atoms with Crippen LogP contribution >= 0.6 is 0 Å². The van der Waals surface area contributed by atoms with Gasteiger partial charge in [-0.3, -0.25) is 9.80 Å². The van der Waals surface area contributed by atoms with Crippen LogP contribution < -0.4 is 0 Å². The first kappa shape index (κ1) is 13.8. The molecule has 1 fully saturated rings. The Balaban J connectivity index is 2.47. The number of rotatable bonds is 1. The monoisotopic (exact) mass is 238 g/mol. The second kappa shape index (κ2) is 4.92. The van der Waals surface area contributed by atoms with Gasteiger partial charge in [0.05, 0.1) is 6.54 Å². The highest BCUT2D eigenvalue weighted by molar-refractivity contribution is 4.80. The lowest BCUT2D eigenvalue weighted by atomic mass is 10.1. The summed E-state index contributed by atoms with van der Waals surface area (Å²) in [5.41, 5.74) is 0.0498. The summed E-state index contributed by atoms with van der Waals surface area (Å²) in [6.45, 7) is 8.20. The predicted octanol–water partition coefficient (Wildman–Crippen LogP) is 2.35. The van der Waals surface area contributed by atoms with Crippen molar-refractivity contribution in [1.29, 1.82) is 0 Å². The van der Waals surface area contributed by atoms with Crippen molar-refractivity contribution in [3.63, 3.8) is 0 Å². The molecule has 1 saturated heterocycles. The van der Waals surface area contributed by atoms with E-state index in [-0.39, 0.29) is 5.54 Å². The zero-order valence-corrected chi connectivity index (χ0v) is 10.3. The van der Waals surface area contributed by atoms with E-state index in [0.29, 0.717) is 13.1 Å². The van der Waals surface area contributed by atoms with Gasteiger partial charge in [0.25, 0.3) is 0 Å². The summed E-state index contributed by atoms with van der Waals surface area (Å²) in [7, 11) is 0. The van der Waals surface area contributed by atoms with E-state index in [2.05, 4.69) is 25.7 Å². The quantitative estimate of drug-likeness (QED) is 0.692. The van der Waals surface area contributed by atoms with Crippen LogP contribution in [0.5, 0.6) is 0 Å².